The summed E-state index contributed by atoms with van der Waals surface area (Å²) in [6.07, 6.45) is 0. The van der Waals surface area contributed by atoms with Gasteiger partial charge in [-0.25, -0.2) is 9.37 Å². The molecule has 0 saturated carbocycles. The Kier molecular flexibility index (Phi) is 3.23. The van der Waals surface area contributed by atoms with Crippen molar-refractivity contribution < 1.29 is 9.13 Å². The van der Waals surface area contributed by atoms with Gasteiger partial charge in [-0.2, -0.15) is 4.98 Å². The summed E-state index contributed by atoms with van der Waals surface area (Å²) in [6, 6.07) is 5.84. The molecule has 0 saturated heterocycles. The first-order valence-corrected chi connectivity index (χ1v) is 5.58. The summed E-state index contributed by atoms with van der Waals surface area (Å²) in [6.45, 7) is 1.68. The van der Waals surface area contributed by atoms with Gasteiger partial charge >= 0.3 is 0 Å². The highest BCUT2D eigenvalue weighted by Gasteiger charge is 2.07. The van der Waals surface area contributed by atoms with Gasteiger partial charge in [-0.15, -0.1) is 0 Å². The van der Waals surface area contributed by atoms with E-state index in [1.165, 1.54) is 18.2 Å². The first-order valence-electron chi connectivity index (χ1n) is 4.78. The average Bonchev–Trinajstić information content (AvgIpc) is 2.22. The second-order valence-corrected chi connectivity index (χ2v) is 4.27. The molecule has 1 heterocycles. The fourth-order valence-electron chi connectivity index (χ4n) is 1.28. The summed E-state index contributed by atoms with van der Waals surface area (Å²) in [4.78, 5) is 7.90. The van der Waals surface area contributed by atoms with E-state index < -0.39 is 5.82 Å². The number of nitrogens with two attached hydrogens (primary N) is 1. The smallest absolute Gasteiger partial charge is 0.224 e. The van der Waals surface area contributed by atoms with Gasteiger partial charge in [0.1, 0.15) is 11.6 Å². The van der Waals surface area contributed by atoms with Gasteiger partial charge in [-0.1, -0.05) is 15.9 Å². The molecule has 6 heteroatoms. The molecule has 0 unspecified atom stereocenters. The van der Waals surface area contributed by atoms with Crippen molar-refractivity contribution >= 4 is 21.7 Å². The molecule has 0 aliphatic carbocycles. The Bertz CT molecular complexity index is 542. The predicted molar refractivity (Wildman–Crippen MR) is 65.4 cm³/mol. The molecule has 2 rings (SSSR count). The molecular formula is C11H9BrFN3O. The molecular weight excluding hydrogens is 289 g/mol. The van der Waals surface area contributed by atoms with Gasteiger partial charge < -0.3 is 10.5 Å². The molecule has 0 aliphatic heterocycles. The maximum Gasteiger partial charge on any atom is 0.224 e. The molecule has 0 atom stereocenters. The number of nitrogens with zero attached hydrogens (tertiary/aromatic N) is 2. The number of hydrogen-bond donors (Lipinski definition) is 1. The van der Waals surface area contributed by atoms with Crippen LogP contribution in [0.3, 0.4) is 0 Å². The van der Waals surface area contributed by atoms with Gasteiger partial charge in [0.15, 0.2) is 11.6 Å². The predicted octanol–water partition coefficient (Wildman–Crippen LogP) is 3.06. The van der Waals surface area contributed by atoms with E-state index in [0.29, 0.717) is 10.3 Å². The van der Waals surface area contributed by atoms with Crippen molar-refractivity contribution in [2.45, 2.75) is 6.92 Å². The van der Waals surface area contributed by atoms with E-state index in [-0.39, 0.29) is 17.4 Å². The highest BCUT2D eigenvalue weighted by atomic mass is 79.9. The van der Waals surface area contributed by atoms with Crippen LogP contribution in [0.5, 0.6) is 11.6 Å². The zero-order valence-corrected chi connectivity index (χ0v) is 10.5. The van der Waals surface area contributed by atoms with Crippen LogP contribution < -0.4 is 10.5 Å². The standard InChI is InChI=1S/C11H9BrFN3O/c1-6-15-10(14)5-11(16-6)17-9-4-7(12)2-3-8(9)13/h2-5H,1H3,(H2,14,15,16). The van der Waals surface area contributed by atoms with Crippen LogP contribution in [0.15, 0.2) is 28.7 Å². The van der Waals surface area contributed by atoms with Gasteiger partial charge in [-0.3, -0.25) is 0 Å². The Morgan fingerprint density at radius 1 is 1.29 bits per heavy atom. The summed E-state index contributed by atoms with van der Waals surface area (Å²) in [5, 5.41) is 0. The maximum atomic E-state index is 13.4. The first-order chi connectivity index (χ1) is 8.04. The average molecular weight is 298 g/mol. The van der Waals surface area contributed by atoms with Crippen molar-refractivity contribution in [3.8, 4) is 11.6 Å². The molecule has 0 spiro atoms. The lowest BCUT2D eigenvalue weighted by atomic mass is 10.3. The minimum absolute atomic E-state index is 0.0804. The Hall–Kier alpha value is -1.69. The van der Waals surface area contributed by atoms with E-state index in [2.05, 4.69) is 25.9 Å². The zero-order valence-electron chi connectivity index (χ0n) is 8.95. The van der Waals surface area contributed by atoms with Crippen LogP contribution >= 0.6 is 15.9 Å². The molecule has 88 valence electrons. The quantitative estimate of drug-likeness (QED) is 0.925. The number of aromatic nitrogens is 2. The van der Waals surface area contributed by atoms with Gasteiger partial charge in [0.25, 0.3) is 0 Å². The van der Waals surface area contributed by atoms with E-state index in [0.717, 1.165) is 0 Å². The number of aryl methyl sites for hydroxylation is 1. The summed E-state index contributed by atoms with van der Waals surface area (Å²) >= 11 is 3.23. The van der Waals surface area contributed by atoms with Crippen LogP contribution in [-0.2, 0) is 0 Å². The van der Waals surface area contributed by atoms with Crippen molar-refractivity contribution in [2.24, 2.45) is 0 Å². The second-order valence-electron chi connectivity index (χ2n) is 3.36. The third-order valence-corrected chi connectivity index (χ3v) is 2.44. The van der Waals surface area contributed by atoms with Gasteiger partial charge in [0.05, 0.1) is 0 Å². The monoisotopic (exact) mass is 297 g/mol. The lowest BCUT2D eigenvalue weighted by Crippen LogP contribution is -1.98. The maximum absolute atomic E-state index is 13.4. The summed E-state index contributed by atoms with van der Waals surface area (Å²) in [5.74, 6) is 0.574. The number of anilines is 1. The molecule has 0 amide bonds. The fourth-order valence-corrected chi connectivity index (χ4v) is 1.62. The van der Waals surface area contributed by atoms with Crippen LogP contribution in [0.1, 0.15) is 5.82 Å². The second kappa shape index (κ2) is 4.67. The van der Waals surface area contributed by atoms with E-state index in [9.17, 15) is 4.39 Å². The third-order valence-electron chi connectivity index (χ3n) is 1.94. The van der Waals surface area contributed by atoms with E-state index in [1.54, 1.807) is 13.0 Å². The van der Waals surface area contributed by atoms with E-state index in [4.69, 9.17) is 10.5 Å². The summed E-state index contributed by atoms with van der Waals surface area (Å²) in [7, 11) is 0. The number of halogens is 2. The Labute approximate surface area is 106 Å². The lowest BCUT2D eigenvalue weighted by Gasteiger charge is -2.07. The molecule has 0 bridgehead atoms. The zero-order chi connectivity index (χ0) is 12.4. The van der Waals surface area contributed by atoms with Crippen LogP contribution in [0, 0.1) is 12.7 Å². The van der Waals surface area contributed by atoms with E-state index >= 15 is 0 Å². The normalized spacial score (nSPS) is 10.3. The van der Waals surface area contributed by atoms with Crippen LogP contribution in [0.2, 0.25) is 0 Å². The molecule has 0 fully saturated rings. The Morgan fingerprint density at radius 2 is 2.06 bits per heavy atom. The van der Waals surface area contributed by atoms with Crippen molar-refractivity contribution in [1.82, 2.24) is 9.97 Å². The third kappa shape index (κ3) is 2.91. The SMILES string of the molecule is Cc1nc(N)cc(Oc2cc(Br)ccc2F)n1. The molecule has 4 nitrogen and oxygen atoms in total. The largest absolute Gasteiger partial charge is 0.436 e. The molecule has 2 N–H and O–H groups in total. The molecule has 2 aromatic rings. The first kappa shape index (κ1) is 11.8. The highest BCUT2D eigenvalue weighted by Crippen LogP contribution is 2.27. The van der Waals surface area contributed by atoms with Crippen LogP contribution in [0.4, 0.5) is 10.2 Å². The number of nitrogen functional groups attached to an aromatic ring is 1. The minimum Gasteiger partial charge on any atom is -0.436 e. The lowest BCUT2D eigenvalue weighted by molar-refractivity contribution is 0.425. The Balaban J connectivity index is 2.34. The molecule has 1 aromatic heterocycles. The van der Waals surface area contributed by atoms with Gasteiger partial charge in [-0.05, 0) is 25.1 Å². The number of hydrogen-bond acceptors (Lipinski definition) is 4. The van der Waals surface area contributed by atoms with Crippen LogP contribution in [0.25, 0.3) is 0 Å². The Morgan fingerprint density at radius 3 is 2.76 bits per heavy atom. The summed E-state index contributed by atoms with van der Waals surface area (Å²) in [5.41, 5.74) is 5.55. The summed E-state index contributed by atoms with van der Waals surface area (Å²) < 4.78 is 19.5. The van der Waals surface area contributed by atoms with E-state index in [1.807, 2.05) is 0 Å². The topological polar surface area (TPSA) is 61.0 Å². The number of ether oxygens (including phenoxy) is 1. The minimum atomic E-state index is -0.469. The van der Waals surface area contributed by atoms with Crippen molar-refractivity contribution in [3.05, 3.63) is 40.4 Å². The number of rotatable bonds is 2. The molecule has 1 aromatic carbocycles. The fraction of sp³-hybridized carbons (Fsp3) is 0.0909. The van der Waals surface area contributed by atoms with Gasteiger partial charge in [0, 0.05) is 10.5 Å². The molecule has 17 heavy (non-hydrogen) atoms. The molecule has 0 radical (unpaired) electrons. The van der Waals surface area contributed by atoms with Crippen molar-refractivity contribution in [2.75, 3.05) is 5.73 Å². The van der Waals surface area contributed by atoms with Crippen LogP contribution in [-0.4, -0.2) is 9.97 Å². The number of benzene rings is 1. The van der Waals surface area contributed by atoms with Crippen molar-refractivity contribution in [1.29, 1.82) is 0 Å². The van der Waals surface area contributed by atoms with Gasteiger partial charge in [0.2, 0.25) is 5.88 Å². The molecule has 0 aliphatic rings. The van der Waals surface area contributed by atoms with Crippen molar-refractivity contribution in [3.63, 3.8) is 0 Å². The highest BCUT2D eigenvalue weighted by molar-refractivity contribution is 9.10.